The molecule has 0 atom stereocenters. The van der Waals surface area contributed by atoms with Crippen LogP contribution in [0.2, 0.25) is 0 Å². The van der Waals surface area contributed by atoms with Crippen molar-refractivity contribution in [2.45, 2.75) is 34.1 Å². The van der Waals surface area contributed by atoms with Crippen molar-refractivity contribution in [2.75, 3.05) is 0 Å². The Bertz CT molecular complexity index is 483. The smallest absolute Gasteiger partial charge is 0.158 e. The predicted molar refractivity (Wildman–Crippen MR) is 56.6 cm³/mol. The lowest BCUT2D eigenvalue weighted by molar-refractivity contribution is 0.870. The molecule has 2 rings (SSSR count). The summed E-state index contributed by atoms with van der Waals surface area (Å²) in [7, 11) is 0. The zero-order valence-corrected chi connectivity index (χ0v) is 9.13. The van der Waals surface area contributed by atoms with Crippen LogP contribution in [0.15, 0.2) is 6.07 Å². The summed E-state index contributed by atoms with van der Waals surface area (Å²) in [6.07, 6.45) is 0.991. The van der Waals surface area contributed by atoms with Gasteiger partial charge in [0, 0.05) is 17.0 Å². The van der Waals surface area contributed by atoms with E-state index in [1.165, 1.54) is 5.56 Å². The van der Waals surface area contributed by atoms with Crippen molar-refractivity contribution in [3.8, 4) is 0 Å². The summed E-state index contributed by atoms with van der Waals surface area (Å²) >= 11 is 0. The zero-order chi connectivity index (χ0) is 10.3. The molecule has 2 aromatic heterocycles. The van der Waals surface area contributed by atoms with E-state index in [1.54, 1.807) is 0 Å². The van der Waals surface area contributed by atoms with Gasteiger partial charge in [0.25, 0.3) is 0 Å². The van der Waals surface area contributed by atoms with Gasteiger partial charge >= 0.3 is 0 Å². The molecule has 2 aromatic rings. The molecule has 2 heterocycles. The molecule has 0 amide bonds. The molecule has 0 saturated heterocycles. The van der Waals surface area contributed by atoms with E-state index < -0.39 is 0 Å². The van der Waals surface area contributed by atoms with Gasteiger partial charge < -0.3 is 0 Å². The molecule has 0 N–H and O–H groups in total. The first kappa shape index (κ1) is 9.19. The highest BCUT2D eigenvalue weighted by molar-refractivity contribution is 5.51. The van der Waals surface area contributed by atoms with Crippen molar-refractivity contribution in [2.24, 2.45) is 0 Å². The summed E-state index contributed by atoms with van der Waals surface area (Å²) in [5.41, 5.74) is 5.58. The fourth-order valence-electron chi connectivity index (χ4n) is 1.88. The first-order valence-corrected chi connectivity index (χ1v) is 4.96. The molecule has 0 bridgehead atoms. The molecule has 14 heavy (non-hydrogen) atoms. The molecule has 0 aliphatic heterocycles. The SMILES string of the molecule is CCc1c(C)nn2c(C)cc(C)nc12. The zero-order valence-electron chi connectivity index (χ0n) is 9.13. The Balaban J connectivity index is 2.87. The Kier molecular flexibility index (Phi) is 2.02. The number of rotatable bonds is 1. The van der Waals surface area contributed by atoms with Crippen molar-refractivity contribution in [1.82, 2.24) is 14.6 Å². The average Bonchev–Trinajstić information content (AvgIpc) is 2.41. The number of fused-ring (bicyclic) bond motifs is 1. The summed E-state index contributed by atoms with van der Waals surface area (Å²) in [6, 6.07) is 2.05. The molecular weight excluding hydrogens is 174 g/mol. The lowest BCUT2D eigenvalue weighted by Gasteiger charge is -2.00. The fraction of sp³-hybridized carbons (Fsp3) is 0.455. The molecule has 3 nitrogen and oxygen atoms in total. The Morgan fingerprint density at radius 2 is 2.00 bits per heavy atom. The maximum absolute atomic E-state index is 4.53. The van der Waals surface area contributed by atoms with Crippen LogP contribution in [0.1, 0.15) is 29.6 Å². The minimum Gasteiger partial charge on any atom is -0.234 e. The van der Waals surface area contributed by atoms with Crippen LogP contribution < -0.4 is 0 Å². The van der Waals surface area contributed by atoms with E-state index in [0.29, 0.717) is 0 Å². The highest BCUT2D eigenvalue weighted by Gasteiger charge is 2.10. The van der Waals surface area contributed by atoms with E-state index in [9.17, 15) is 0 Å². The minimum atomic E-state index is 0.991. The van der Waals surface area contributed by atoms with Gasteiger partial charge in [0.1, 0.15) is 0 Å². The summed E-state index contributed by atoms with van der Waals surface area (Å²) in [6.45, 7) is 8.27. The van der Waals surface area contributed by atoms with Crippen LogP contribution in [0.25, 0.3) is 5.65 Å². The third-order valence-electron chi connectivity index (χ3n) is 2.54. The van der Waals surface area contributed by atoms with Crippen LogP contribution in [0, 0.1) is 20.8 Å². The van der Waals surface area contributed by atoms with E-state index in [-0.39, 0.29) is 0 Å². The standard InChI is InChI=1S/C11H15N3/c1-5-10-9(4)13-14-8(3)6-7(2)12-11(10)14/h6H,5H2,1-4H3. The highest BCUT2D eigenvalue weighted by atomic mass is 15.3. The molecular formula is C11H15N3. The minimum absolute atomic E-state index is 0.991. The summed E-state index contributed by atoms with van der Waals surface area (Å²) in [5, 5.41) is 4.48. The van der Waals surface area contributed by atoms with Crippen LogP contribution in [-0.2, 0) is 6.42 Å². The maximum atomic E-state index is 4.53. The number of aryl methyl sites for hydroxylation is 4. The molecule has 0 fully saturated rings. The molecule has 0 unspecified atom stereocenters. The first-order chi connectivity index (χ1) is 6.63. The maximum Gasteiger partial charge on any atom is 0.158 e. The van der Waals surface area contributed by atoms with Gasteiger partial charge in [-0.2, -0.15) is 5.10 Å². The van der Waals surface area contributed by atoms with Crippen LogP contribution in [0.5, 0.6) is 0 Å². The van der Waals surface area contributed by atoms with E-state index in [0.717, 1.165) is 29.1 Å². The Labute approximate surface area is 83.8 Å². The lowest BCUT2D eigenvalue weighted by atomic mass is 10.2. The van der Waals surface area contributed by atoms with Crippen LogP contribution in [-0.4, -0.2) is 14.6 Å². The Hall–Kier alpha value is -1.38. The van der Waals surface area contributed by atoms with Crippen molar-refractivity contribution < 1.29 is 0 Å². The molecule has 0 aliphatic carbocycles. The van der Waals surface area contributed by atoms with Crippen molar-refractivity contribution in [1.29, 1.82) is 0 Å². The van der Waals surface area contributed by atoms with Crippen LogP contribution in [0.3, 0.4) is 0 Å². The van der Waals surface area contributed by atoms with Crippen LogP contribution >= 0.6 is 0 Å². The largest absolute Gasteiger partial charge is 0.234 e. The molecule has 0 spiro atoms. The lowest BCUT2D eigenvalue weighted by Crippen LogP contribution is -1.97. The Morgan fingerprint density at radius 3 is 2.64 bits per heavy atom. The molecule has 0 saturated carbocycles. The molecule has 0 radical (unpaired) electrons. The summed E-state index contributed by atoms with van der Waals surface area (Å²) in [5.74, 6) is 0. The van der Waals surface area contributed by atoms with Gasteiger partial charge in [0.05, 0.1) is 5.69 Å². The summed E-state index contributed by atoms with van der Waals surface area (Å²) < 4.78 is 1.93. The number of nitrogens with zero attached hydrogens (tertiary/aromatic N) is 3. The van der Waals surface area contributed by atoms with E-state index >= 15 is 0 Å². The van der Waals surface area contributed by atoms with Crippen molar-refractivity contribution in [3.63, 3.8) is 0 Å². The van der Waals surface area contributed by atoms with Crippen molar-refractivity contribution in [3.05, 3.63) is 28.7 Å². The number of hydrogen-bond donors (Lipinski definition) is 0. The van der Waals surface area contributed by atoms with Gasteiger partial charge in [-0.05, 0) is 33.3 Å². The third-order valence-corrected chi connectivity index (χ3v) is 2.54. The molecule has 3 heteroatoms. The summed E-state index contributed by atoms with van der Waals surface area (Å²) in [4.78, 5) is 4.53. The van der Waals surface area contributed by atoms with E-state index in [2.05, 4.69) is 30.0 Å². The molecule has 74 valence electrons. The van der Waals surface area contributed by atoms with Crippen LogP contribution in [0.4, 0.5) is 0 Å². The topological polar surface area (TPSA) is 30.2 Å². The van der Waals surface area contributed by atoms with E-state index in [1.807, 2.05) is 18.4 Å². The van der Waals surface area contributed by atoms with Gasteiger partial charge in [0.2, 0.25) is 0 Å². The number of hydrogen-bond acceptors (Lipinski definition) is 2. The monoisotopic (exact) mass is 189 g/mol. The second-order valence-electron chi connectivity index (χ2n) is 3.69. The number of aromatic nitrogens is 3. The quantitative estimate of drug-likeness (QED) is 0.688. The van der Waals surface area contributed by atoms with Gasteiger partial charge in [-0.25, -0.2) is 9.50 Å². The van der Waals surface area contributed by atoms with Crippen molar-refractivity contribution >= 4 is 5.65 Å². The van der Waals surface area contributed by atoms with Gasteiger partial charge in [0.15, 0.2) is 5.65 Å². The van der Waals surface area contributed by atoms with Gasteiger partial charge in [-0.1, -0.05) is 6.92 Å². The second kappa shape index (κ2) is 3.08. The Morgan fingerprint density at radius 1 is 1.29 bits per heavy atom. The normalized spacial score (nSPS) is 11.1. The average molecular weight is 189 g/mol. The van der Waals surface area contributed by atoms with E-state index in [4.69, 9.17) is 0 Å². The predicted octanol–water partition coefficient (Wildman–Crippen LogP) is 2.22. The molecule has 0 aromatic carbocycles. The van der Waals surface area contributed by atoms with Gasteiger partial charge in [-0.3, -0.25) is 0 Å². The molecule has 0 aliphatic rings. The fourth-order valence-corrected chi connectivity index (χ4v) is 1.88. The van der Waals surface area contributed by atoms with Gasteiger partial charge in [-0.15, -0.1) is 0 Å². The first-order valence-electron chi connectivity index (χ1n) is 4.96. The second-order valence-corrected chi connectivity index (χ2v) is 3.69. The highest BCUT2D eigenvalue weighted by Crippen LogP contribution is 2.16. The third kappa shape index (κ3) is 1.20.